The highest BCUT2D eigenvalue weighted by Gasteiger charge is 2.35. The summed E-state index contributed by atoms with van der Waals surface area (Å²) in [4.78, 5) is 39.0. The van der Waals surface area contributed by atoms with Gasteiger partial charge in [-0.2, -0.15) is 0 Å². The molecule has 1 aliphatic rings. The van der Waals surface area contributed by atoms with Crippen LogP contribution in [0.15, 0.2) is 47.5 Å². The lowest BCUT2D eigenvalue weighted by Gasteiger charge is -2.38. The molecule has 33 heavy (non-hydrogen) atoms. The van der Waals surface area contributed by atoms with Gasteiger partial charge in [-0.05, 0) is 38.2 Å². The average molecular weight is 454 g/mol. The Balaban J connectivity index is 1.88. The second kappa shape index (κ2) is 10.8. The molecule has 1 aromatic heterocycles. The van der Waals surface area contributed by atoms with Gasteiger partial charge in [0.1, 0.15) is 11.1 Å². The van der Waals surface area contributed by atoms with Crippen molar-refractivity contribution in [3.63, 3.8) is 0 Å². The number of amides is 2. The monoisotopic (exact) mass is 453 g/mol. The molecule has 1 fully saturated rings. The number of ether oxygens (including phenoxy) is 1. The van der Waals surface area contributed by atoms with E-state index in [-0.39, 0.29) is 28.5 Å². The molecule has 7 nitrogen and oxygen atoms in total. The van der Waals surface area contributed by atoms with Crippen LogP contribution in [0.3, 0.4) is 0 Å². The molecule has 0 unspecified atom stereocenters. The summed E-state index contributed by atoms with van der Waals surface area (Å²) in [7, 11) is 0. The van der Waals surface area contributed by atoms with Crippen molar-refractivity contribution in [1.29, 1.82) is 0 Å². The van der Waals surface area contributed by atoms with Crippen molar-refractivity contribution in [2.24, 2.45) is 5.92 Å². The number of nitrogens with zero attached hydrogens (tertiary/aromatic N) is 1. The molecule has 0 aliphatic carbocycles. The van der Waals surface area contributed by atoms with E-state index in [4.69, 9.17) is 4.74 Å². The lowest BCUT2D eigenvalue weighted by atomic mass is 9.74. The Morgan fingerprint density at radius 3 is 2.09 bits per heavy atom. The second-order valence-electron chi connectivity index (χ2n) is 9.50. The minimum atomic E-state index is -0.550. The molecule has 1 aliphatic heterocycles. The van der Waals surface area contributed by atoms with E-state index in [9.17, 15) is 14.4 Å². The summed E-state index contributed by atoms with van der Waals surface area (Å²) in [5, 5.41) is 5.78. The molecule has 2 N–H and O–H groups in total. The van der Waals surface area contributed by atoms with E-state index in [2.05, 4.69) is 22.8 Å². The van der Waals surface area contributed by atoms with Crippen molar-refractivity contribution in [3.05, 3.63) is 69.6 Å². The number of rotatable bonds is 8. The van der Waals surface area contributed by atoms with Gasteiger partial charge in [-0.1, -0.05) is 44.2 Å². The van der Waals surface area contributed by atoms with Crippen molar-refractivity contribution in [1.82, 2.24) is 15.2 Å². The van der Waals surface area contributed by atoms with Crippen molar-refractivity contribution in [2.45, 2.75) is 52.0 Å². The Labute approximate surface area is 195 Å². The SMILES string of the molecule is CC(C)CNC(=O)c1cn(C(C)C)cc(C(=O)NCC2(c3ccccc3)CCOCC2)c1=O. The second-order valence-corrected chi connectivity index (χ2v) is 9.50. The lowest BCUT2D eigenvalue weighted by Crippen LogP contribution is -2.45. The number of aromatic nitrogens is 1. The fraction of sp³-hybridized carbons (Fsp3) is 0.500. The normalized spacial score (nSPS) is 15.5. The zero-order valence-corrected chi connectivity index (χ0v) is 20.0. The Morgan fingerprint density at radius 1 is 0.970 bits per heavy atom. The fourth-order valence-electron chi connectivity index (χ4n) is 4.08. The van der Waals surface area contributed by atoms with Gasteiger partial charge in [-0.15, -0.1) is 0 Å². The number of carbonyl (C=O) groups is 2. The molecule has 178 valence electrons. The zero-order valence-electron chi connectivity index (χ0n) is 20.0. The molecule has 3 rings (SSSR count). The highest BCUT2D eigenvalue weighted by molar-refractivity contribution is 5.99. The molecule has 1 saturated heterocycles. The number of nitrogens with one attached hydrogen (secondary N) is 2. The Bertz CT molecular complexity index is 1020. The molecule has 7 heteroatoms. The third kappa shape index (κ3) is 5.90. The standard InChI is InChI=1S/C26H35N3O4/c1-18(2)14-27-24(31)21-15-29(19(3)4)16-22(23(21)30)25(32)28-17-26(10-12-33-13-11-26)20-8-6-5-7-9-20/h5-9,15-16,18-19H,10-14,17H2,1-4H3,(H,27,31)(H,28,32). The van der Waals surface area contributed by atoms with Crippen LogP contribution in [0, 0.1) is 5.92 Å². The summed E-state index contributed by atoms with van der Waals surface area (Å²) >= 11 is 0. The molecule has 2 heterocycles. The first-order chi connectivity index (χ1) is 15.7. The van der Waals surface area contributed by atoms with Crippen LogP contribution in [0.2, 0.25) is 0 Å². The van der Waals surface area contributed by atoms with Gasteiger partial charge in [-0.3, -0.25) is 14.4 Å². The molecule has 0 saturated carbocycles. The first-order valence-electron chi connectivity index (χ1n) is 11.7. The van der Waals surface area contributed by atoms with Crippen LogP contribution in [-0.2, 0) is 10.2 Å². The van der Waals surface area contributed by atoms with Gasteiger partial charge in [0, 0.05) is 50.2 Å². The topological polar surface area (TPSA) is 89.4 Å². The molecule has 0 bridgehead atoms. The van der Waals surface area contributed by atoms with Gasteiger partial charge >= 0.3 is 0 Å². The van der Waals surface area contributed by atoms with Crippen molar-refractivity contribution < 1.29 is 14.3 Å². The molecule has 2 aromatic rings. The molecule has 0 spiro atoms. The molecular weight excluding hydrogens is 418 g/mol. The Kier molecular flexibility index (Phi) is 8.08. The van der Waals surface area contributed by atoms with E-state index in [1.165, 1.54) is 6.20 Å². The number of hydrogen-bond acceptors (Lipinski definition) is 4. The average Bonchev–Trinajstić information content (AvgIpc) is 2.82. The zero-order chi connectivity index (χ0) is 24.0. The molecule has 0 radical (unpaired) electrons. The van der Waals surface area contributed by atoms with Crippen LogP contribution in [0.1, 0.15) is 72.9 Å². The Hall–Kier alpha value is -2.93. The van der Waals surface area contributed by atoms with E-state index < -0.39 is 17.2 Å². The smallest absolute Gasteiger partial charge is 0.256 e. The van der Waals surface area contributed by atoms with Crippen molar-refractivity contribution in [2.75, 3.05) is 26.3 Å². The summed E-state index contributed by atoms with van der Waals surface area (Å²) in [5.74, 6) is -0.668. The predicted molar refractivity (Wildman–Crippen MR) is 129 cm³/mol. The van der Waals surface area contributed by atoms with Gasteiger partial charge < -0.3 is 19.9 Å². The van der Waals surface area contributed by atoms with Crippen molar-refractivity contribution >= 4 is 11.8 Å². The summed E-state index contributed by atoms with van der Waals surface area (Å²) in [5.41, 5.74) is 0.316. The van der Waals surface area contributed by atoms with Crippen LogP contribution >= 0.6 is 0 Å². The maximum Gasteiger partial charge on any atom is 0.256 e. The molecule has 2 amide bonds. The largest absolute Gasteiger partial charge is 0.381 e. The predicted octanol–water partition coefficient (Wildman–Crippen LogP) is 3.29. The van der Waals surface area contributed by atoms with Gasteiger partial charge in [0.2, 0.25) is 5.43 Å². The quantitative estimate of drug-likeness (QED) is 0.642. The molecular formula is C26H35N3O4. The minimum absolute atomic E-state index is 0.0131. The highest BCUT2D eigenvalue weighted by atomic mass is 16.5. The van der Waals surface area contributed by atoms with Crippen LogP contribution in [0.5, 0.6) is 0 Å². The third-order valence-electron chi connectivity index (χ3n) is 6.23. The summed E-state index contributed by atoms with van der Waals surface area (Å²) in [6, 6.07) is 10.1. The number of pyridine rings is 1. The molecule has 0 atom stereocenters. The number of benzene rings is 1. The summed E-state index contributed by atoms with van der Waals surface area (Å²) in [6.07, 6.45) is 4.64. The van der Waals surface area contributed by atoms with Gasteiger partial charge in [0.25, 0.3) is 11.8 Å². The van der Waals surface area contributed by atoms with E-state index in [0.29, 0.717) is 26.3 Å². The van der Waals surface area contributed by atoms with Crippen LogP contribution in [0.25, 0.3) is 0 Å². The van der Waals surface area contributed by atoms with Crippen LogP contribution in [0.4, 0.5) is 0 Å². The highest BCUT2D eigenvalue weighted by Crippen LogP contribution is 2.34. The van der Waals surface area contributed by atoms with Crippen LogP contribution in [-0.4, -0.2) is 42.7 Å². The maximum absolute atomic E-state index is 13.2. The molecule has 1 aromatic carbocycles. The van der Waals surface area contributed by atoms with E-state index in [1.54, 1.807) is 10.8 Å². The summed E-state index contributed by atoms with van der Waals surface area (Å²) in [6.45, 7) is 9.93. The fourth-order valence-corrected chi connectivity index (χ4v) is 4.08. The maximum atomic E-state index is 13.2. The number of hydrogen-bond donors (Lipinski definition) is 2. The van der Waals surface area contributed by atoms with E-state index in [0.717, 1.165) is 18.4 Å². The Morgan fingerprint density at radius 2 is 1.55 bits per heavy atom. The first-order valence-corrected chi connectivity index (χ1v) is 11.7. The first kappa shape index (κ1) is 24.7. The lowest BCUT2D eigenvalue weighted by molar-refractivity contribution is 0.0487. The third-order valence-corrected chi connectivity index (χ3v) is 6.23. The van der Waals surface area contributed by atoms with Crippen molar-refractivity contribution in [3.8, 4) is 0 Å². The van der Waals surface area contributed by atoms with E-state index >= 15 is 0 Å². The minimum Gasteiger partial charge on any atom is -0.381 e. The van der Waals surface area contributed by atoms with Crippen LogP contribution < -0.4 is 16.1 Å². The van der Waals surface area contributed by atoms with Gasteiger partial charge in [-0.25, -0.2) is 0 Å². The van der Waals surface area contributed by atoms with E-state index in [1.807, 2.05) is 45.9 Å². The number of carbonyl (C=O) groups excluding carboxylic acids is 2. The summed E-state index contributed by atoms with van der Waals surface area (Å²) < 4.78 is 7.31. The van der Waals surface area contributed by atoms with Gasteiger partial charge in [0.05, 0.1) is 0 Å². The van der Waals surface area contributed by atoms with Gasteiger partial charge in [0.15, 0.2) is 0 Å².